The lowest BCUT2D eigenvalue weighted by Gasteiger charge is -2.13. The molecule has 0 atom stereocenters. The standard InChI is InChI=1S/C21H18ClNO7/c1-4-29-20(25)13-9-15(22)16(10-18(13)28-3)23-19(24)14-8-11-7-12(27-2)5-6-17(11)30-21(14)26/h5-10H,4H2,1-3H3,(H,23,24). The van der Waals surface area contributed by atoms with Gasteiger partial charge in [-0.15, -0.1) is 0 Å². The zero-order valence-electron chi connectivity index (χ0n) is 16.4. The Balaban J connectivity index is 1.96. The molecule has 0 bridgehead atoms. The van der Waals surface area contributed by atoms with Crippen LogP contribution < -0.4 is 20.4 Å². The maximum atomic E-state index is 12.7. The lowest BCUT2D eigenvalue weighted by Crippen LogP contribution is -2.21. The van der Waals surface area contributed by atoms with E-state index in [-0.39, 0.29) is 34.2 Å². The average Bonchev–Trinajstić information content (AvgIpc) is 2.74. The Morgan fingerprint density at radius 3 is 2.50 bits per heavy atom. The predicted octanol–water partition coefficient (Wildman–Crippen LogP) is 3.89. The third-order valence-corrected chi connectivity index (χ3v) is 4.53. The van der Waals surface area contributed by atoms with E-state index in [1.807, 2.05) is 0 Å². The topological polar surface area (TPSA) is 104 Å². The Kier molecular flexibility index (Phi) is 6.27. The first-order valence-electron chi connectivity index (χ1n) is 8.85. The number of carbonyl (C=O) groups is 2. The first-order chi connectivity index (χ1) is 14.4. The van der Waals surface area contributed by atoms with Crippen LogP contribution in [0.3, 0.4) is 0 Å². The minimum absolute atomic E-state index is 0.0686. The molecule has 1 heterocycles. The molecule has 3 aromatic rings. The van der Waals surface area contributed by atoms with Crippen LogP contribution in [0.25, 0.3) is 11.0 Å². The molecule has 8 nitrogen and oxygen atoms in total. The third kappa shape index (κ3) is 4.23. The van der Waals surface area contributed by atoms with Crippen molar-refractivity contribution in [2.45, 2.75) is 6.92 Å². The zero-order chi connectivity index (χ0) is 21.8. The number of halogens is 1. The summed E-state index contributed by atoms with van der Waals surface area (Å²) in [6.07, 6.45) is 0. The molecule has 0 saturated carbocycles. The molecule has 30 heavy (non-hydrogen) atoms. The first kappa shape index (κ1) is 21.2. The Bertz CT molecular complexity index is 1190. The summed E-state index contributed by atoms with van der Waals surface area (Å²) in [6.45, 7) is 1.85. The van der Waals surface area contributed by atoms with Gasteiger partial charge in [0.1, 0.15) is 28.2 Å². The Morgan fingerprint density at radius 1 is 1.07 bits per heavy atom. The van der Waals surface area contributed by atoms with Crippen LogP contribution in [0.1, 0.15) is 27.6 Å². The largest absolute Gasteiger partial charge is 0.497 e. The molecule has 0 aliphatic carbocycles. The SMILES string of the molecule is CCOC(=O)c1cc(Cl)c(NC(=O)c2cc3cc(OC)ccc3oc2=O)cc1OC. The Hall–Kier alpha value is -3.52. The van der Waals surface area contributed by atoms with Crippen LogP contribution in [-0.2, 0) is 4.74 Å². The molecule has 2 aromatic carbocycles. The van der Waals surface area contributed by atoms with Gasteiger partial charge in [0.05, 0.1) is 31.5 Å². The van der Waals surface area contributed by atoms with Gasteiger partial charge in [0.15, 0.2) is 0 Å². The summed E-state index contributed by atoms with van der Waals surface area (Å²) in [5.41, 5.74) is -0.455. The van der Waals surface area contributed by atoms with Gasteiger partial charge in [0, 0.05) is 11.5 Å². The van der Waals surface area contributed by atoms with Gasteiger partial charge in [-0.25, -0.2) is 9.59 Å². The van der Waals surface area contributed by atoms with E-state index in [2.05, 4.69) is 5.32 Å². The molecule has 0 fully saturated rings. The number of ether oxygens (including phenoxy) is 3. The van der Waals surface area contributed by atoms with Gasteiger partial charge in [-0.2, -0.15) is 0 Å². The second kappa shape index (κ2) is 8.87. The van der Waals surface area contributed by atoms with Gasteiger partial charge in [0.25, 0.3) is 5.91 Å². The van der Waals surface area contributed by atoms with Crippen LogP contribution >= 0.6 is 11.6 Å². The van der Waals surface area contributed by atoms with Gasteiger partial charge in [-0.05, 0) is 37.3 Å². The summed E-state index contributed by atoms with van der Waals surface area (Å²) >= 11 is 6.21. The number of nitrogens with one attached hydrogen (secondary N) is 1. The summed E-state index contributed by atoms with van der Waals surface area (Å²) in [7, 11) is 2.87. The molecule has 156 valence electrons. The number of carbonyl (C=O) groups excluding carboxylic acids is 2. The number of anilines is 1. The van der Waals surface area contributed by atoms with Crippen LogP contribution in [0.4, 0.5) is 5.69 Å². The summed E-state index contributed by atoms with van der Waals surface area (Å²) in [4.78, 5) is 37.0. The van der Waals surface area contributed by atoms with Crippen LogP contribution in [0.2, 0.25) is 5.02 Å². The molecule has 0 spiro atoms. The minimum atomic E-state index is -0.809. The quantitative estimate of drug-likeness (QED) is 0.466. The number of esters is 1. The molecular formula is C21H18ClNO7. The number of methoxy groups -OCH3 is 2. The van der Waals surface area contributed by atoms with Crippen molar-refractivity contribution in [2.24, 2.45) is 0 Å². The van der Waals surface area contributed by atoms with Crippen molar-refractivity contribution in [3.8, 4) is 11.5 Å². The summed E-state index contributed by atoms with van der Waals surface area (Å²) in [5.74, 6) is -0.645. The number of benzene rings is 2. The monoisotopic (exact) mass is 431 g/mol. The lowest BCUT2D eigenvalue weighted by molar-refractivity contribution is 0.0522. The van der Waals surface area contributed by atoms with E-state index in [1.165, 1.54) is 32.4 Å². The average molecular weight is 432 g/mol. The van der Waals surface area contributed by atoms with Crippen molar-refractivity contribution in [2.75, 3.05) is 26.1 Å². The van der Waals surface area contributed by atoms with Gasteiger partial charge in [-0.1, -0.05) is 11.6 Å². The number of amides is 1. The highest BCUT2D eigenvalue weighted by atomic mass is 35.5. The fourth-order valence-corrected chi connectivity index (χ4v) is 2.97. The van der Waals surface area contributed by atoms with Gasteiger partial charge >= 0.3 is 11.6 Å². The maximum absolute atomic E-state index is 12.7. The number of fused-ring (bicyclic) bond motifs is 1. The van der Waals surface area contributed by atoms with E-state index in [0.29, 0.717) is 16.7 Å². The molecule has 0 aliphatic rings. The second-order valence-electron chi connectivity index (χ2n) is 6.06. The van der Waals surface area contributed by atoms with E-state index < -0.39 is 17.5 Å². The second-order valence-corrected chi connectivity index (χ2v) is 6.47. The molecule has 1 aromatic heterocycles. The van der Waals surface area contributed by atoms with Gasteiger partial charge < -0.3 is 23.9 Å². The molecule has 0 aliphatic heterocycles. The fourth-order valence-electron chi connectivity index (χ4n) is 2.76. The van der Waals surface area contributed by atoms with Crippen molar-refractivity contribution in [1.82, 2.24) is 0 Å². The third-order valence-electron chi connectivity index (χ3n) is 4.22. The minimum Gasteiger partial charge on any atom is -0.497 e. The van der Waals surface area contributed by atoms with Crippen LogP contribution in [0.15, 0.2) is 45.6 Å². The first-order valence-corrected chi connectivity index (χ1v) is 9.23. The number of hydrogen-bond donors (Lipinski definition) is 1. The van der Waals surface area contributed by atoms with E-state index in [4.69, 9.17) is 30.2 Å². The molecular weight excluding hydrogens is 414 g/mol. The van der Waals surface area contributed by atoms with Gasteiger partial charge in [0.2, 0.25) is 0 Å². The van der Waals surface area contributed by atoms with E-state index in [9.17, 15) is 14.4 Å². The summed E-state index contributed by atoms with van der Waals surface area (Å²) in [6, 6.07) is 8.95. The highest BCUT2D eigenvalue weighted by Gasteiger charge is 2.20. The molecule has 1 amide bonds. The molecule has 0 unspecified atom stereocenters. The Morgan fingerprint density at radius 2 is 1.83 bits per heavy atom. The number of hydrogen-bond acceptors (Lipinski definition) is 7. The van der Waals surface area contributed by atoms with Crippen LogP contribution in [0.5, 0.6) is 11.5 Å². The van der Waals surface area contributed by atoms with Crippen LogP contribution in [-0.4, -0.2) is 32.7 Å². The Labute approximate surface area is 176 Å². The van der Waals surface area contributed by atoms with Crippen molar-refractivity contribution in [1.29, 1.82) is 0 Å². The van der Waals surface area contributed by atoms with E-state index in [0.717, 1.165) is 0 Å². The number of rotatable bonds is 6. The smallest absolute Gasteiger partial charge is 0.349 e. The molecule has 3 rings (SSSR count). The van der Waals surface area contributed by atoms with Crippen LogP contribution in [0, 0.1) is 0 Å². The van der Waals surface area contributed by atoms with Crippen molar-refractivity contribution in [3.05, 3.63) is 63.0 Å². The van der Waals surface area contributed by atoms with E-state index >= 15 is 0 Å². The highest BCUT2D eigenvalue weighted by Crippen LogP contribution is 2.32. The fraction of sp³-hybridized carbons (Fsp3) is 0.190. The highest BCUT2D eigenvalue weighted by molar-refractivity contribution is 6.34. The molecule has 0 radical (unpaired) electrons. The normalized spacial score (nSPS) is 10.5. The molecule has 9 heteroatoms. The predicted molar refractivity (Wildman–Crippen MR) is 111 cm³/mol. The van der Waals surface area contributed by atoms with Crippen molar-refractivity contribution in [3.63, 3.8) is 0 Å². The molecule has 0 saturated heterocycles. The maximum Gasteiger partial charge on any atom is 0.349 e. The lowest BCUT2D eigenvalue weighted by atomic mass is 10.1. The summed E-state index contributed by atoms with van der Waals surface area (Å²) in [5, 5.41) is 3.12. The molecule has 1 N–H and O–H groups in total. The van der Waals surface area contributed by atoms with Crippen molar-refractivity contribution < 1.29 is 28.2 Å². The van der Waals surface area contributed by atoms with Crippen molar-refractivity contribution >= 4 is 40.1 Å². The zero-order valence-corrected chi connectivity index (χ0v) is 17.2. The van der Waals surface area contributed by atoms with E-state index in [1.54, 1.807) is 25.1 Å². The summed E-state index contributed by atoms with van der Waals surface area (Å²) < 4.78 is 20.5. The van der Waals surface area contributed by atoms with Gasteiger partial charge in [-0.3, -0.25) is 4.79 Å².